The van der Waals surface area contributed by atoms with Gasteiger partial charge in [0.1, 0.15) is 5.82 Å². The molecule has 2 rings (SSSR count). The SMILES string of the molecule is CCC1(CNc2ncc(Br)cc2C(F)(F)F)CC1. The fraction of sp³-hybridized carbons (Fsp3) is 0.583. The van der Waals surface area contributed by atoms with Crippen LogP contribution in [0.4, 0.5) is 19.0 Å². The van der Waals surface area contributed by atoms with Gasteiger partial charge in [-0.05, 0) is 46.7 Å². The second kappa shape index (κ2) is 4.72. The molecule has 0 unspecified atom stereocenters. The van der Waals surface area contributed by atoms with Crippen molar-refractivity contribution in [1.82, 2.24) is 4.98 Å². The van der Waals surface area contributed by atoms with Gasteiger partial charge >= 0.3 is 6.18 Å². The fourth-order valence-corrected chi connectivity index (χ4v) is 2.23. The molecule has 1 fully saturated rings. The molecule has 1 heterocycles. The van der Waals surface area contributed by atoms with Gasteiger partial charge in [0.15, 0.2) is 0 Å². The Morgan fingerprint density at radius 2 is 2.11 bits per heavy atom. The molecule has 1 N–H and O–H groups in total. The van der Waals surface area contributed by atoms with Crippen LogP contribution in [0.15, 0.2) is 16.7 Å². The number of nitrogens with one attached hydrogen (secondary N) is 1. The third-order valence-corrected chi connectivity index (χ3v) is 3.93. The summed E-state index contributed by atoms with van der Waals surface area (Å²) in [5.74, 6) is -0.0783. The molecule has 0 atom stereocenters. The van der Waals surface area contributed by atoms with Gasteiger partial charge in [0.2, 0.25) is 0 Å². The standard InChI is InChI=1S/C12H14BrF3N2/c1-2-11(3-4-11)7-18-10-9(12(14,15)16)5-8(13)6-17-10/h5-6H,2-4,7H2,1H3,(H,17,18). The molecule has 1 aliphatic rings. The molecule has 1 saturated carbocycles. The molecule has 0 spiro atoms. The van der Waals surface area contributed by atoms with E-state index < -0.39 is 11.7 Å². The molecule has 2 nitrogen and oxygen atoms in total. The lowest BCUT2D eigenvalue weighted by atomic mass is 10.0. The molecule has 1 aromatic rings. The van der Waals surface area contributed by atoms with E-state index in [1.54, 1.807) is 0 Å². The summed E-state index contributed by atoms with van der Waals surface area (Å²) in [7, 11) is 0. The van der Waals surface area contributed by atoms with Crippen LogP contribution in [-0.4, -0.2) is 11.5 Å². The molecule has 100 valence electrons. The van der Waals surface area contributed by atoms with Crippen LogP contribution in [0.1, 0.15) is 31.7 Å². The minimum atomic E-state index is -4.39. The molecule has 0 aliphatic heterocycles. The first-order chi connectivity index (χ1) is 8.36. The normalized spacial score (nSPS) is 17.6. The predicted molar refractivity (Wildman–Crippen MR) is 67.4 cm³/mol. The molecule has 0 amide bonds. The van der Waals surface area contributed by atoms with Crippen LogP contribution in [-0.2, 0) is 6.18 Å². The maximum Gasteiger partial charge on any atom is 0.419 e. The number of nitrogens with zero attached hydrogens (tertiary/aromatic N) is 1. The van der Waals surface area contributed by atoms with Gasteiger partial charge in [-0.1, -0.05) is 6.92 Å². The summed E-state index contributed by atoms with van der Waals surface area (Å²) in [4.78, 5) is 3.83. The van der Waals surface area contributed by atoms with Crippen molar-refractivity contribution in [3.05, 3.63) is 22.3 Å². The van der Waals surface area contributed by atoms with Crippen molar-refractivity contribution in [2.75, 3.05) is 11.9 Å². The maximum absolute atomic E-state index is 12.8. The van der Waals surface area contributed by atoms with E-state index in [-0.39, 0.29) is 11.2 Å². The Bertz CT molecular complexity index is 441. The number of pyridine rings is 1. The third-order valence-electron chi connectivity index (χ3n) is 3.50. The Hall–Kier alpha value is -0.780. The lowest BCUT2D eigenvalue weighted by Crippen LogP contribution is -2.18. The highest BCUT2D eigenvalue weighted by atomic mass is 79.9. The number of rotatable bonds is 4. The topological polar surface area (TPSA) is 24.9 Å². The van der Waals surface area contributed by atoms with E-state index in [2.05, 4.69) is 33.2 Å². The monoisotopic (exact) mass is 322 g/mol. The lowest BCUT2D eigenvalue weighted by molar-refractivity contribution is -0.137. The first-order valence-electron chi connectivity index (χ1n) is 5.83. The highest BCUT2D eigenvalue weighted by Gasteiger charge is 2.41. The lowest BCUT2D eigenvalue weighted by Gasteiger charge is -2.17. The fourth-order valence-electron chi connectivity index (χ4n) is 1.90. The summed E-state index contributed by atoms with van der Waals surface area (Å²) in [6, 6.07) is 1.06. The van der Waals surface area contributed by atoms with E-state index in [0.29, 0.717) is 11.0 Å². The Labute approximate surface area is 112 Å². The first kappa shape index (κ1) is 13.6. The maximum atomic E-state index is 12.8. The quantitative estimate of drug-likeness (QED) is 0.884. The van der Waals surface area contributed by atoms with Crippen molar-refractivity contribution in [2.24, 2.45) is 5.41 Å². The highest BCUT2D eigenvalue weighted by Crippen LogP contribution is 2.48. The molecule has 0 bridgehead atoms. The molecule has 0 radical (unpaired) electrons. The number of aromatic nitrogens is 1. The Kier molecular flexibility index (Phi) is 3.58. The zero-order valence-electron chi connectivity index (χ0n) is 9.94. The molecule has 0 aromatic carbocycles. The van der Waals surface area contributed by atoms with Gasteiger partial charge in [-0.25, -0.2) is 4.98 Å². The number of halogens is 4. The van der Waals surface area contributed by atoms with E-state index >= 15 is 0 Å². The zero-order valence-corrected chi connectivity index (χ0v) is 11.5. The van der Waals surface area contributed by atoms with Gasteiger partial charge in [-0.2, -0.15) is 13.2 Å². The van der Waals surface area contributed by atoms with Gasteiger partial charge in [0, 0.05) is 17.2 Å². The average Bonchev–Trinajstić information content (AvgIpc) is 3.07. The molecule has 1 aromatic heterocycles. The molecular weight excluding hydrogens is 309 g/mol. The smallest absolute Gasteiger partial charge is 0.369 e. The molecule has 1 aliphatic carbocycles. The van der Waals surface area contributed by atoms with Gasteiger partial charge in [-0.15, -0.1) is 0 Å². The summed E-state index contributed by atoms with van der Waals surface area (Å²) in [6.07, 6.45) is 0.131. The highest BCUT2D eigenvalue weighted by molar-refractivity contribution is 9.10. The minimum Gasteiger partial charge on any atom is -0.369 e. The van der Waals surface area contributed by atoms with Gasteiger partial charge in [0.25, 0.3) is 0 Å². The molecule has 18 heavy (non-hydrogen) atoms. The van der Waals surface area contributed by atoms with Crippen LogP contribution in [0.5, 0.6) is 0 Å². The first-order valence-corrected chi connectivity index (χ1v) is 6.62. The van der Waals surface area contributed by atoms with Crippen molar-refractivity contribution >= 4 is 21.7 Å². The van der Waals surface area contributed by atoms with Crippen LogP contribution in [0, 0.1) is 5.41 Å². The summed E-state index contributed by atoms with van der Waals surface area (Å²) >= 11 is 3.02. The minimum absolute atomic E-state index is 0.0783. The van der Waals surface area contributed by atoms with Gasteiger partial charge in [0.05, 0.1) is 5.56 Å². The largest absolute Gasteiger partial charge is 0.419 e. The number of hydrogen-bond donors (Lipinski definition) is 1. The number of alkyl halides is 3. The van der Waals surface area contributed by atoms with Crippen molar-refractivity contribution in [3.63, 3.8) is 0 Å². The van der Waals surface area contributed by atoms with E-state index in [4.69, 9.17) is 0 Å². The van der Waals surface area contributed by atoms with Crippen molar-refractivity contribution < 1.29 is 13.2 Å². The molecular formula is C12H14BrF3N2. The number of anilines is 1. The van der Waals surface area contributed by atoms with Crippen molar-refractivity contribution in [3.8, 4) is 0 Å². The third kappa shape index (κ3) is 2.96. The molecule has 0 saturated heterocycles. The zero-order chi connectivity index (χ0) is 13.4. The van der Waals surface area contributed by atoms with Crippen molar-refractivity contribution in [2.45, 2.75) is 32.4 Å². The van der Waals surface area contributed by atoms with E-state index in [9.17, 15) is 13.2 Å². The summed E-state index contributed by atoms with van der Waals surface area (Å²) in [5, 5.41) is 2.85. The predicted octanol–water partition coefficient (Wildman–Crippen LogP) is 4.47. The second-order valence-corrected chi connectivity index (χ2v) is 5.67. The van der Waals surface area contributed by atoms with E-state index in [0.717, 1.165) is 25.3 Å². The summed E-state index contributed by atoms with van der Waals surface area (Å²) in [6.45, 7) is 2.62. The number of hydrogen-bond acceptors (Lipinski definition) is 2. The van der Waals surface area contributed by atoms with E-state index in [1.165, 1.54) is 6.20 Å². The Morgan fingerprint density at radius 3 is 2.61 bits per heavy atom. The van der Waals surface area contributed by atoms with Crippen LogP contribution >= 0.6 is 15.9 Å². The van der Waals surface area contributed by atoms with Gasteiger partial charge < -0.3 is 5.32 Å². The van der Waals surface area contributed by atoms with Crippen molar-refractivity contribution in [1.29, 1.82) is 0 Å². The second-order valence-electron chi connectivity index (χ2n) is 4.75. The summed E-state index contributed by atoms with van der Waals surface area (Å²) < 4.78 is 38.9. The van der Waals surface area contributed by atoms with Gasteiger partial charge in [-0.3, -0.25) is 0 Å². The summed E-state index contributed by atoms with van der Waals surface area (Å²) in [5.41, 5.74) is -0.541. The van der Waals surface area contributed by atoms with Crippen LogP contribution in [0.25, 0.3) is 0 Å². The Balaban J connectivity index is 2.17. The van der Waals surface area contributed by atoms with E-state index in [1.807, 2.05) is 0 Å². The Morgan fingerprint density at radius 1 is 1.44 bits per heavy atom. The molecule has 6 heteroatoms. The average molecular weight is 323 g/mol. The van der Waals surface area contributed by atoms with Crippen LogP contribution in [0.3, 0.4) is 0 Å². The van der Waals surface area contributed by atoms with Crippen LogP contribution in [0.2, 0.25) is 0 Å². The van der Waals surface area contributed by atoms with Crippen LogP contribution < -0.4 is 5.32 Å².